The first-order valence-corrected chi connectivity index (χ1v) is 10.4. The van der Waals surface area contributed by atoms with E-state index in [0.29, 0.717) is 39.7 Å². The van der Waals surface area contributed by atoms with Crippen LogP contribution >= 0.6 is 11.8 Å². The number of rotatable bonds is 9. The van der Waals surface area contributed by atoms with E-state index in [1.54, 1.807) is 49.1 Å². The van der Waals surface area contributed by atoms with Gasteiger partial charge in [-0.25, -0.2) is 4.98 Å². The normalized spacial score (nSPS) is 12.0. The molecule has 1 aromatic heterocycles. The summed E-state index contributed by atoms with van der Waals surface area (Å²) >= 11 is 1.23. The molecule has 30 heavy (non-hydrogen) atoms. The van der Waals surface area contributed by atoms with E-state index in [1.165, 1.54) is 18.9 Å². The predicted molar refractivity (Wildman–Crippen MR) is 117 cm³/mol. The Kier molecular flexibility index (Phi) is 7.12. The van der Waals surface area contributed by atoms with E-state index >= 15 is 0 Å². The average Bonchev–Trinajstić information content (AvgIpc) is 2.77. The van der Waals surface area contributed by atoms with E-state index in [-0.39, 0.29) is 23.1 Å². The Hall–Kier alpha value is -2.84. The van der Waals surface area contributed by atoms with Crippen LogP contribution in [0.3, 0.4) is 0 Å². The van der Waals surface area contributed by atoms with Crippen LogP contribution in [-0.4, -0.2) is 49.0 Å². The monoisotopic (exact) mass is 428 g/mol. The molecule has 1 heterocycles. The molecule has 0 saturated carbocycles. The maximum Gasteiger partial charge on any atom is 0.262 e. The van der Waals surface area contributed by atoms with Gasteiger partial charge in [-0.1, -0.05) is 23.9 Å². The lowest BCUT2D eigenvalue weighted by atomic mass is 10.1. The summed E-state index contributed by atoms with van der Waals surface area (Å²) in [5.74, 6) is 1.07. The van der Waals surface area contributed by atoms with Gasteiger partial charge in [-0.15, -0.1) is 0 Å². The van der Waals surface area contributed by atoms with Crippen LogP contribution in [0, 0.1) is 0 Å². The molecule has 0 spiro atoms. The summed E-state index contributed by atoms with van der Waals surface area (Å²) in [6.45, 7) is 2.25. The number of para-hydroxylation sites is 1. The predicted octanol–water partition coefficient (Wildman–Crippen LogP) is 3.60. The van der Waals surface area contributed by atoms with Crippen molar-refractivity contribution < 1.29 is 19.0 Å². The van der Waals surface area contributed by atoms with Crippen molar-refractivity contribution in [2.75, 3.05) is 33.7 Å². The van der Waals surface area contributed by atoms with Crippen molar-refractivity contribution in [1.82, 2.24) is 9.55 Å². The van der Waals surface area contributed by atoms with Gasteiger partial charge in [-0.3, -0.25) is 14.2 Å². The van der Waals surface area contributed by atoms with E-state index in [1.807, 2.05) is 19.1 Å². The van der Waals surface area contributed by atoms with Gasteiger partial charge < -0.3 is 14.2 Å². The lowest BCUT2D eigenvalue weighted by Gasteiger charge is -2.18. The van der Waals surface area contributed by atoms with Crippen LogP contribution in [0.25, 0.3) is 10.9 Å². The van der Waals surface area contributed by atoms with Gasteiger partial charge in [0.2, 0.25) is 0 Å². The number of carbonyl (C=O) groups is 1. The molecule has 0 fully saturated rings. The molecular formula is C22H24N2O5S. The molecule has 1 atom stereocenters. The standard InChI is InChI=1S/C22H24N2O5S/c1-14(12-27-2)24-21(26)16-7-5-6-8-17(16)23-22(24)30-13-18(25)15-9-10-19(28-3)20(11-15)29-4/h5-11,14H,12-13H2,1-4H3/t14-/m1/s1. The number of ether oxygens (including phenoxy) is 3. The van der Waals surface area contributed by atoms with Gasteiger partial charge in [0.1, 0.15) is 0 Å². The number of aromatic nitrogens is 2. The Bertz CT molecular complexity index is 1110. The molecular weight excluding hydrogens is 404 g/mol. The second-order valence-corrected chi connectivity index (χ2v) is 7.62. The number of hydrogen-bond donors (Lipinski definition) is 0. The zero-order chi connectivity index (χ0) is 21.7. The number of carbonyl (C=O) groups excluding carboxylic acids is 1. The molecule has 0 radical (unpaired) electrons. The number of methoxy groups -OCH3 is 3. The third-order valence-electron chi connectivity index (χ3n) is 4.66. The first-order valence-electron chi connectivity index (χ1n) is 9.38. The van der Waals surface area contributed by atoms with Gasteiger partial charge >= 0.3 is 0 Å². The molecule has 0 amide bonds. The fourth-order valence-electron chi connectivity index (χ4n) is 3.15. The van der Waals surface area contributed by atoms with Crippen LogP contribution < -0.4 is 15.0 Å². The number of ketones is 1. The van der Waals surface area contributed by atoms with Crippen molar-refractivity contribution in [3.63, 3.8) is 0 Å². The number of Topliss-reactive ketones (excluding diaryl/α,β-unsaturated/α-hetero) is 1. The smallest absolute Gasteiger partial charge is 0.262 e. The minimum absolute atomic E-state index is 0.102. The Morgan fingerprint density at radius 3 is 2.53 bits per heavy atom. The van der Waals surface area contributed by atoms with E-state index in [9.17, 15) is 9.59 Å². The van der Waals surface area contributed by atoms with Gasteiger partial charge in [0, 0.05) is 12.7 Å². The molecule has 3 rings (SSSR count). The highest BCUT2D eigenvalue weighted by Crippen LogP contribution is 2.29. The Labute approximate surface area is 179 Å². The SMILES string of the molecule is COC[C@@H](C)n1c(SCC(=O)c2ccc(OC)c(OC)c2)nc2ccccc2c1=O. The Balaban J connectivity index is 1.92. The second-order valence-electron chi connectivity index (χ2n) is 6.67. The Morgan fingerprint density at radius 1 is 1.10 bits per heavy atom. The highest BCUT2D eigenvalue weighted by atomic mass is 32.2. The molecule has 7 nitrogen and oxygen atoms in total. The number of hydrogen-bond acceptors (Lipinski definition) is 7. The maximum absolute atomic E-state index is 13.1. The van der Waals surface area contributed by atoms with E-state index < -0.39 is 0 Å². The number of nitrogens with zero attached hydrogens (tertiary/aromatic N) is 2. The van der Waals surface area contributed by atoms with Crippen molar-refractivity contribution in [3.05, 3.63) is 58.4 Å². The molecule has 2 aromatic carbocycles. The van der Waals surface area contributed by atoms with Crippen molar-refractivity contribution in [3.8, 4) is 11.5 Å². The van der Waals surface area contributed by atoms with Crippen LogP contribution in [-0.2, 0) is 4.74 Å². The average molecular weight is 429 g/mol. The Morgan fingerprint density at radius 2 is 1.83 bits per heavy atom. The highest BCUT2D eigenvalue weighted by Gasteiger charge is 2.18. The van der Waals surface area contributed by atoms with Gasteiger partial charge in [0.05, 0.1) is 43.5 Å². The third-order valence-corrected chi connectivity index (χ3v) is 5.61. The van der Waals surface area contributed by atoms with Crippen molar-refractivity contribution in [2.45, 2.75) is 18.1 Å². The summed E-state index contributed by atoms with van der Waals surface area (Å²) in [7, 11) is 4.65. The maximum atomic E-state index is 13.1. The molecule has 158 valence electrons. The first kappa shape index (κ1) is 21.9. The number of thioether (sulfide) groups is 1. The third kappa shape index (κ3) is 4.49. The molecule has 0 aliphatic carbocycles. The highest BCUT2D eigenvalue weighted by molar-refractivity contribution is 7.99. The second kappa shape index (κ2) is 9.77. The topological polar surface area (TPSA) is 79.7 Å². The van der Waals surface area contributed by atoms with E-state index in [4.69, 9.17) is 14.2 Å². The van der Waals surface area contributed by atoms with Crippen LogP contribution in [0.4, 0.5) is 0 Å². The number of benzene rings is 2. The van der Waals surface area contributed by atoms with Crippen molar-refractivity contribution in [1.29, 1.82) is 0 Å². The van der Waals surface area contributed by atoms with Crippen molar-refractivity contribution in [2.24, 2.45) is 0 Å². The lowest BCUT2D eigenvalue weighted by Crippen LogP contribution is -2.28. The summed E-state index contributed by atoms with van der Waals surface area (Å²) in [5, 5.41) is 1.02. The van der Waals surface area contributed by atoms with E-state index in [2.05, 4.69) is 4.98 Å². The van der Waals surface area contributed by atoms with Crippen LogP contribution in [0.5, 0.6) is 11.5 Å². The van der Waals surface area contributed by atoms with Gasteiger partial charge in [-0.05, 0) is 37.3 Å². The van der Waals surface area contributed by atoms with Gasteiger partial charge in [0.25, 0.3) is 5.56 Å². The molecule has 8 heteroatoms. The minimum atomic E-state index is -0.224. The molecule has 0 unspecified atom stereocenters. The molecule has 0 saturated heterocycles. The van der Waals surface area contributed by atoms with Crippen molar-refractivity contribution >= 4 is 28.4 Å². The summed E-state index contributed by atoms with van der Waals surface area (Å²) in [5.41, 5.74) is 0.954. The zero-order valence-electron chi connectivity index (χ0n) is 17.4. The number of fused-ring (bicyclic) bond motifs is 1. The van der Waals surface area contributed by atoms with Crippen LogP contribution in [0.1, 0.15) is 23.3 Å². The quantitative estimate of drug-likeness (QED) is 0.293. The summed E-state index contributed by atoms with van der Waals surface area (Å²) in [4.78, 5) is 30.5. The minimum Gasteiger partial charge on any atom is -0.493 e. The summed E-state index contributed by atoms with van der Waals surface area (Å²) in [6, 6.07) is 12.0. The first-order chi connectivity index (χ1) is 14.5. The van der Waals surface area contributed by atoms with E-state index in [0.717, 1.165) is 0 Å². The van der Waals surface area contributed by atoms with Crippen LogP contribution in [0.15, 0.2) is 52.4 Å². The largest absolute Gasteiger partial charge is 0.493 e. The fourth-order valence-corrected chi connectivity index (χ4v) is 4.15. The molecule has 0 N–H and O–H groups in total. The van der Waals surface area contributed by atoms with Gasteiger partial charge in [0.15, 0.2) is 22.4 Å². The summed E-state index contributed by atoms with van der Waals surface area (Å²) in [6.07, 6.45) is 0. The molecule has 3 aromatic rings. The molecule has 0 bridgehead atoms. The summed E-state index contributed by atoms with van der Waals surface area (Å²) < 4.78 is 17.3. The molecule has 0 aliphatic rings. The fraction of sp³-hybridized carbons (Fsp3) is 0.318. The van der Waals surface area contributed by atoms with Gasteiger partial charge in [-0.2, -0.15) is 0 Å². The van der Waals surface area contributed by atoms with Crippen LogP contribution in [0.2, 0.25) is 0 Å². The molecule has 0 aliphatic heterocycles. The lowest BCUT2D eigenvalue weighted by molar-refractivity contribution is 0.102. The zero-order valence-corrected chi connectivity index (χ0v) is 18.2.